The summed E-state index contributed by atoms with van der Waals surface area (Å²) in [7, 11) is 0. The molecule has 0 aromatic heterocycles. The van der Waals surface area contributed by atoms with Gasteiger partial charge in [0.1, 0.15) is 18.3 Å². The molecule has 0 atom stereocenters. The predicted molar refractivity (Wildman–Crippen MR) is 66.2 cm³/mol. The highest BCUT2D eigenvalue weighted by atomic mass is 16.5. The second-order valence-electron chi connectivity index (χ2n) is 6.34. The molecule has 0 unspecified atom stereocenters. The van der Waals surface area contributed by atoms with Gasteiger partial charge in [0.05, 0.1) is 0 Å². The lowest BCUT2D eigenvalue weighted by Crippen LogP contribution is -2.60. The summed E-state index contributed by atoms with van der Waals surface area (Å²) in [5, 5.41) is 11.4. The first-order valence-corrected chi connectivity index (χ1v) is 6.23. The molecule has 104 valence electrons. The van der Waals surface area contributed by atoms with Crippen LogP contribution in [-0.4, -0.2) is 39.2 Å². The van der Waals surface area contributed by atoms with Gasteiger partial charge in [0.15, 0.2) is 0 Å². The van der Waals surface area contributed by atoms with Crippen molar-refractivity contribution in [2.75, 3.05) is 0 Å². The van der Waals surface area contributed by atoms with Crippen LogP contribution in [-0.2, 0) is 14.3 Å². The van der Waals surface area contributed by atoms with Gasteiger partial charge in [-0.05, 0) is 34.6 Å². The van der Waals surface area contributed by atoms with Gasteiger partial charge in [0, 0.05) is 23.9 Å². The van der Waals surface area contributed by atoms with E-state index in [1.165, 1.54) is 12.0 Å². The lowest BCUT2D eigenvalue weighted by molar-refractivity contribution is -0.259. The van der Waals surface area contributed by atoms with Crippen LogP contribution in [0.1, 0.15) is 53.9 Å². The third kappa shape index (κ3) is 3.53. The number of piperidine rings is 1. The summed E-state index contributed by atoms with van der Waals surface area (Å²) in [6.07, 6.45) is 0.665. The van der Waals surface area contributed by atoms with E-state index in [2.05, 4.69) is 0 Å². The van der Waals surface area contributed by atoms with Crippen LogP contribution in [0.15, 0.2) is 0 Å². The molecule has 1 aliphatic heterocycles. The Hall–Kier alpha value is -0.940. The number of hydrogen-bond donors (Lipinski definition) is 1. The van der Waals surface area contributed by atoms with E-state index in [0.29, 0.717) is 12.8 Å². The molecular formula is C13H23NO4. The molecule has 1 aliphatic rings. The van der Waals surface area contributed by atoms with Gasteiger partial charge in [-0.15, -0.1) is 0 Å². The Bertz CT molecular complexity index is 331. The van der Waals surface area contributed by atoms with Crippen molar-refractivity contribution >= 4 is 11.8 Å². The van der Waals surface area contributed by atoms with Crippen molar-refractivity contribution in [1.29, 1.82) is 0 Å². The van der Waals surface area contributed by atoms with Crippen molar-refractivity contribution in [2.24, 2.45) is 0 Å². The van der Waals surface area contributed by atoms with Crippen molar-refractivity contribution < 1.29 is 19.5 Å². The second kappa shape index (κ2) is 4.97. The number of hydrogen-bond acceptors (Lipinski definition) is 5. The molecule has 1 heterocycles. The maximum atomic E-state index is 11.5. The first-order valence-electron chi connectivity index (χ1n) is 6.23. The highest BCUT2D eigenvalue weighted by molar-refractivity contribution is 5.94. The van der Waals surface area contributed by atoms with Gasteiger partial charge in [0.25, 0.3) is 0 Å². The normalized spacial score (nSPS) is 23.7. The van der Waals surface area contributed by atoms with Gasteiger partial charge in [-0.25, -0.2) is 0 Å². The fourth-order valence-electron chi connectivity index (χ4n) is 2.69. The Kier molecular flexibility index (Phi) is 4.18. The van der Waals surface area contributed by atoms with Crippen molar-refractivity contribution in [1.82, 2.24) is 5.06 Å². The smallest absolute Gasteiger partial charge is 0.313 e. The Balaban J connectivity index is 2.69. The molecule has 1 fully saturated rings. The van der Waals surface area contributed by atoms with E-state index < -0.39 is 17.0 Å². The maximum Gasteiger partial charge on any atom is 0.313 e. The molecule has 0 saturated carbocycles. The first-order chi connectivity index (χ1) is 8.04. The number of carbonyl (C=O) groups excluding carboxylic acids is 2. The van der Waals surface area contributed by atoms with E-state index >= 15 is 0 Å². The van der Waals surface area contributed by atoms with E-state index in [0.717, 1.165) is 0 Å². The molecule has 1 rings (SSSR count). The van der Waals surface area contributed by atoms with E-state index in [1.54, 1.807) is 0 Å². The number of nitrogens with zero attached hydrogens (tertiary/aromatic N) is 1. The van der Waals surface area contributed by atoms with Crippen LogP contribution in [0, 0.1) is 0 Å². The minimum Gasteiger partial charge on any atom is -0.462 e. The summed E-state index contributed by atoms with van der Waals surface area (Å²) >= 11 is 0. The summed E-state index contributed by atoms with van der Waals surface area (Å²) < 4.78 is 5.32. The molecule has 5 nitrogen and oxygen atoms in total. The van der Waals surface area contributed by atoms with E-state index in [4.69, 9.17) is 4.74 Å². The van der Waals surface area contributed by atoms with Gasteiger partial charge >= 0.3 is 5.97 Å². The number of carbonyl (C=O) groups is 2. The molecule has 0 spiro atoms. The zero-order chi connectivity index (χ0) is 14.1. The molecule has 1 saturated heterocycles. The van der Waals surface area contributed by atoms with Crippen LogP contribution >= 0.6 is 0 Å². The minimum atomic E-state index is -0.481. The number of rotatable bonds is 3. The van der Waals surface area contributed by atoms with Crippen LogP contribution in [0.25, 0.3) is 0 Å². The zero-order valence-electron chi connectivity index (χ0n) is 11.8. The zero-order valence-corrected chi connectivity index (χ0v) is 11.8. The topological polar surface area (TPSA) is 66.8 Å². The van der Waals surface area contributed by atoms with E-state index in [-0.39, 0.29) is 18.3 Å². The Morgan fingerprint density at radius 1 is 1.22 bits per heavy atom. The number of hydroxylamine groups is 2. The SMILES string of the molecule is CC(=O)CC(=O)OC1CC(C)(C)N(O)C(C)(C)C1. The summed E-state index contributed by atoms with van der Waals surface area (Å²) in [6.45, 7) is 8.98. The Morgan fingerprint density at radius 3 is 2.06 bits per heavy atom. The third-order valence-electron chi connectivity index (χ3n) is 3.29. The molecule has 0 bridgehead atoms. The van der Waals surface area contributed by atoms with Crippen molar-refractivity contribution in [3.05, 3.63) is 0 Å². The van der Waals surface area contributed by atoms with Crippen molar-refractivity contribution in [2.45, 2.75) is 71.1 Å². The number of esters is 1. The fraction of sp³-hybridized carbons (Fsp3) is 0.846. The number of Topliss-reactive ketones (excluding diaryl/α,β-unsaturated/α-hetero) is 1. The van der Waals surface area contributed by atoms with Gasteiger partial charge in [-0.1, -0.05) is 0 Å². The molecule has 0 amide bonds. The third-order valence-corrected chi connectivity index (χ3v) is 3.29. The highest BCUT2D eigenvalue weighted by Gasteiger charge is 2.46. The molecule has 0 aromatic rings. The van der Waals surface area contributed by atoms with Crippen LogP contribution < -0.4 is 0 Å². The standard InChI is InChI=1S/C13H23NO4/c1-9(15)6-11(16)18-10-7-12(2,3)14(17)13(4,5)8-10/h10,17H,6-8H2,1-5H3. The molecule has 5 heteroatoms. The molecule has 18 heavy (non-hydrogen) atoms. The van der Waals surface area contributed by atoms with Crippen LogP contribution in [0.5, 0.6) is 0 Å². The van der Waals surface area contributed by atoms with E-state index in [1.807, 2.05) is 27.7 Å². The summed E-state index contributed by atoms with van der Waals surface area (Å²) in [6, 6.07) is 0. The number of ketones is 1. The molecular weight excluding hydrogens is 234 g/mol. The van der Waals surface area contributed by atoms with Crippen LogP contribution in [0.2, 0.25) is 0 Å². The average molecular weight is 257 g/mol. The quantitative estimate of drug-likeness (QED) is 0.618. The molecule has 0 radical (unpaired) electrons. The minimum absolute atomic E-state index is 0.180. The lowest BCUT2D eigenvalue weighted by Gasteiger charge is -2.50. The average Bonchev–Trinajstić information content (AvgIpc) is 2.11. The monoisotopic (exact) mass is 257 g/mol. The summed E-state index contributed by atoms with van der Waals surface area (Å²) in [5.41, 5.74) is -0.911. The highest BCUT2D eigenvalue weighted by Crippen LogP contribution is 2.37. The largest absolute Gasteiger partial charge is 0.462 e. The Labute approximate surface area is 108 Å². The second-order valence-corrected chi connectivity index (χ2v) is 6.34. The van der Waals surface area contributed by atoms with E-state index in [9.17, 15) is 14.8 Å². The number of ether oxygens (including phenoxy) is 1. The summed E-state index contributed by atoms with van der Waals surface area (Å²) in [5.74, 6) is -0.677. The maximum absolute atomic E-state index is 11.5. The van der Waals surface area contributed by atoms with Gasteiger partial charge < -0.3 is 9.94 Å². The van der Waals surface area contributed by atoms with Crippen LogP contribution in [0.3, 0.4) is 0 Å². The molecule has 1 N–H and O–H groups in total. The molecule has 0 aliphatic carbocycles. The fourth-order valence-corrected chi connectivity index (χ4v) is 2.69. The summed E-state index contributed by atoms with van der Waals surface area (Å²) in [4.78, 5) is 22.4. The first kappa shape index (κ1) is 15.1. The predicted octanol–water partition coefficient (Wildman–Crippen LogP) is 1.92. The van der Waals surface area contributed by atoms with Gasteiger partial charge in [-0.3, -0.25) is 9.59 Å². The lowest BCUT2D eigenvalue weighted by atomic mass is 9.80. The van der Waals surface area contributed by atoms with Gasteiger partial charge in [-0.2, -0.15) is 5.06 Å². The van der Waals surface area contributed by atoms with Crippen molar-refractivity contribution in [3.63, 3.8) is 0 Å². The van der Waals surface area contributed by atoms with Crippen molar-refractivity contribution in [3.8, 4) is 0 Å². The Morgan fingerprint density at radius 2 is 1.67 bits per heavy atom. The molecule has 0 aromatic carbocycles. The van der Waals surface area contributed by atoms with Gasteiger partial charge in [0.2, 0.25) is 0 Å². The van der Waals surface area contributed by atoms with Crippen LogP contribution in [0.4, 0.5) is 0 Å².